The van der Waals surface area contributed by atoms with Crippen molar-refractivity contribution < 1.29 is 4.79 Å². The predicted octanol–water partition coefficient (Wildman–Crippen LogP) is 5.12. The number of hydrogen-bond acceptors (Lipinski definition) is 5. The largest absolute Gasteiger partial charge is 0.362 e. The first-order valence-corrected chi connectivity index (χ1v) is 12.5. The highest BCUT2D eigenvalue weighted by Crippen LogP contribution is 2.56. The molecule has 0 aliphatic heterocycles. The molecule has 1 spiro atoms. The van der Waals surface area contributed by atoms with E-state index in [-0.39, 0.29) is 17.2 Å². The third-order valence-electron chi connectivity index (χ3n) is 7.75. The zero-order chi connectivity index (χ0) is 23.7. The van der Waals surface area contributed by atoms with Crippen LogP contribution in [0.3, 0.4) is 0 Å². The van der Waals surface area contributed by atoms with Crippen LogP contribution in [0.2, 0.25) is 0 Å². The van der Waals surface area contributed by atoms with E-state index in [1.54, 1.807) is 0 Å². The van der Waals surface area contributed by atoms with Crippen LogP contribution in [0, 0.1) is 5.41 Å². The minimum Gasteiger partial charge on any atom is -0.362 e. The van der Waals surface area contributed by atoms with Crippen molar-refractivity contribution in [3.05, 3.63) is 60.2 Å². The molecule has 0 radical (unpaired) electrons. The maximum atomic E-state index is 13.0. The van der Waals surface area contributed by atoms with E-state index in [0.29, 0.717) is 18.0 Å². The number of anilines is 2. The van der Waals surface area contributed by atoms with Gasteiger partial charge in [-0.05, 0) is 61.6 Å². The van der Waals surface area contributed by atoms with Crippen LogP contribution < -0.4 is 15.5 Å². The maximum absolute atomic E-state index is 13.0. The quantitative estimate of drug-likeness (QED) is 0.515. The molecule has 2 atom stereocenters. The molecular weight excluding hydrogens is 422 g/mol. The molecule has 2 aromatic carbocycles. The van der Waals surface area contributed by atoms with E-state index in [2.05, 4.69) is 35.8 Å². The Kier molecular flexibility index (Phi) is 6.15. The average molecular weight is 458 g/mol. The molecule has 0 saturated heterocycles. The van der Waals surface area contributed by atoms with E-state index in [1.165, 1.54) is 0 Å². The number of rotatable bonds is 7. The zero-order valence-corrected chi connectivity index (χ0v) is 20.4. The molecule has 178 valence electrons. The second kappa shape index (κ2) is 9.24. The number of aromatic nitrogens is 2. The van der Waals surface area contributed by atoms with Gasteiger partial charge in [-0.15, -0.1) is 0 Å². The molecule has 2 aliphatic carbocycles. The fraction of sp³-hybridized carbons (Fsp3) is 0.464. The van der Waals surface area contributed by atoms with Crippen molar-refractivity contribution in [3.8, 4) is 0 Å². The van der Waals surface area contributed by atoms with Crippen LogP contribution in [0.4, 0.5) is 11.8 Å². The number of nitrogens with zero attached hydrogens (tertiary/aromatic N) is 3. The first kappa shape index (κ1) is 22.6. The summed E-state index contributed by atoms with van der Waals surface area (Å²) in [4.78, 5) is 24.6. The van der Waals surface area contributed by atoms with Crippen molar-refractivity contribution >= 4 is 28.6 Å². The molecule has 0 bridgehead atoms. The molecule has 3 aromatic rings. The van der Waals surface area contributed by atoms with Crippen molar-refractivity contribution in [1.29, 1.82) is 0 Å². The molecule has 6 nitrogen and oxygen atoms in total. The monoisotopic (exact) mass is 457 g/mol. The SMILES string of the molecule is CCC(C(=O)N[C@@H]1CC12CCC(Nc1nc(N(C)C)c3ccccc3n1)CC2)c1ccccc1. The second-order valence-corrected chi connectivity index (χ2v) is 10.2. The van der Waals surface area contributed by atoms with Gasteiger partial charge in [-0.1, -0.05) is 49.4 Å². The zero-order valence-electron chi connectivity index (χ0n) is 20.4. The average Bonchev–Trinajstić information content (AvgIpc) is 3.51. The standard InChI is InChI=1S/C28H35N5O/c1-4-21(19-10-6-5-7-11-19)26(34)31-24-18-28(24)16-14-20(15-17-28)29-27-30-23-13-9-8-12-22(23)25(32-27)33(2)3/h5-13,20-21,24H,4,14-18H2,1-3H3,(H,31,34)(H,29,30,32)/t20?,21?,24-,28?/m1/s1. The highest BCUT2D eigenvalue weighted by molar-refractivity contribution is 5.90. The van der Waals surface area contributed by atoms with E-state index >= 15 is 0 Å². The summed E-state index contributed by atoms with van der Waals surface area (Å²) >= 11 is 0. The Hall–Kier alpha value is -3.15. The summed E-state index contributed by atoms with van der Waals surface area (Å²) in [6.45, 7) is 2.09. The summed E-state index contributed by atoms with van der Waals surface area (Å²) in [5.74, 6) is 1.76. The first-order chi connectivity index (χ1) is 16.5. The molecule has 2 N–H and O–H groups in total. The number of fused-ring (bicyclic) bond motifs is 1. The van der Waals surface area contributed by atoms with Gasteiger partial charge in [-0.2, -0.15) is 4.98 Å². The van der Waals surface area contributed by atoms with E-state index in [4.69, 9.17) is 9.97 Å². The summed E-state index contributed by atoms with van der Waals surface area (Å²) in [5.41, 5.74) is 2.35. The lowest BCUT2D eigenvalue weighted by molar-refractivity contribution is -0.123. The lowest BCUT2D eigenvalue weighted by Gasteiger charge is -2.30. The van der Waals surface area contributed by atoms with E-state index < -0.39 is 0 Å². The molecule has 2 saturated carbocycles. The Bertz CT molecular complexity index is 1150. The number of nitrogens with one attached hydrogen (secondary N) is 2. The highest BCUT2D eigenvalue weighted by Gasteiger charge is 2.55. The van der Waals surface area contributed by atoms with E-state index in [1.807, 2.05) is 55.4 Å². The number of carbonyl (C=O) groups excluding carboxylic acids is 1. The van der Waals surface area contributed by atoms with Crippen LogP contribution in [0.15, 0.2) is 54.6 Å². The normalized spacial score (nSPS) is 24.6. The number of para-hydroxylation sites is 1. The number of carbonyl (C=O) groups is 1. The third-order valence-corrected chi connectivity index (χ3v) is 7.75. The van der Waals surface area contributed by atoms with E-state index in [0.717, 1.165) is 60.8 Å². The van der Waals surface area contributed by atoms with Crippen LogP contribution >= 0.6 is 0 Å². The van der Waals surface area contributed by atoms with E-state index in [9.17, 15) is 4.79 Å². The Labute approximate surface area is 202 Å². The number of amides is 1. The van der Waals surface area contributed by atoms with Crippen molar-refractivity contribution in [2.75, 3.05) is 24.3 Å². The van der Waals surface area contributed by atoms with Crippen LogP contribution in [-0.2, 0) is 4.79 Å². The van der Waals surface area contributed by atoms with Gasteiger partial charge in [-0.3, -0.25) is 4.79 Å². The Morgan fingerprint density at radius 1 is 1.06 bits per heavy atom. The molecule has 1 unspecified atom stereocenters. The van der Waals surface area contributed by atoms with Crippen molar-refractivity contribution in [2.24, 2.45) is 5.41 Å². The topological polar surface area (TPSA) is 70.2 Å². The van der Waals surface area contributed by atoms with Crippen LogP contribution in [0.25, 0.3) is 10.9 Å². The summed E-state index contributed by atoms with van der Waals surface area (Å²) in [5, 5.41) is 8.05. The molecule has 2 aliphatic rings. The Morgan fingerprint density at radius 2 is 1.76 bits per heavy atom. The van der Waals surface area contributed by atoms with Gasteiger partial charge in [0.05, 0.1) is 11.4 Å². The molecule has 1 heterocycles. The summed E-state index contributed by atoms with van der Waals surface area (Å²) in [6, 6.07) is 19.0. The Balaban J connectivity index is 1.19. The van der Waals surface area contributed by atoms with Gasteiger partial charge < -0.3 is 15.5 Å². The minimum atomic E-state index is -0.0622. The molecular formula is C28H35N5O. The van der Waals surface area contributed by atoms with Crippen molar-refractivity contribution in [3.63, 3.8) is 0 Å². The van der Waals surface area contributed by atoms with Gasteiger partial charge in [0.2, 0.25) is 11.9 Å². The smallest absolute Gasteiger partial charge is 0.227 e. The number of hydrogen-bond donors (Lipinski definition) is 2. The van der Waals surface area contributed by atoms with Gasteiger partial charge in [0.15, 0.2) is 0 Å². The summed E-state index contributed by atoms with van der Waals surface area (Å²) < 4.78 is 0. The minimum absolute atomic E-state index is 0.0622. The maximum Gasteiger partial charge on any atom is 0.227 e. The lowest BCUT2D eigenvalue weighted by Crippen LogP contribution is -2.36. The summed E-state index contributed by atoms with van der Waals surface area (Å²) in [7, 11) is 4.04. The van der Waals surface area contributed by atoms with Crippen molar-refractivity contribution in [2.45, 2.75) is 63.5 Å². The van der Waals surface area contributed by atoms with Crippen molar-refractivity contribution in [1.82, 2.24) is 15.3 Å². The number of benzene rings is 2. The van der Waals surface area contributed by atoms with Crippen LogP contribution in [0.1, 0.15) is 56.9 Å². The van der Waals surface area contributed by atoms with Gasteiger partial charge in [0.1, 0.15) is 5.82 Å². The molecule has 1 amide bonds. The molecule has 2 fully saturated rings. The molecule has 34 heavy (non-hydrogen) atoms. The molecule has 1 aromatic heterocycles. The Morgan fingerprint density at radius 3 is 2.47 bits per heavy atom. The first-order valence-electron chi connectivity index (χ1n) is 12.5. The molecule has 6 heteroatoms. The van der Waals surface area contributed by atoms with Gasteiger partial charge in [0, 0.05) is 31.6 Å². The van der Waals surface area contributed by atoms with Crippen LogP contribution in [-0.4, -0.2) is 42.1 Å². The highest BCUT2D eigenvalue weighted by atomic mass is 16.2. The van der Waals surface area contributed by atoms with Gasteiger partial charge in [-0.25, -0.2) is 4.98 Å². The lowest BCUT2D eigenvalue weighted by atomic mass is 9.82. The van der Waals surface area contributed by atoms with Crippen LogP contribution in [0.5, 0.6) is 0 Å². The predicted molar refractivity (Wildman–Crippen MR) is 138 cm³/mol. The second-order valence-electron chi connectivity index (χ2n) is 10.2. The van der Waals surface area contributed by atoms with Gasteiger partial charge >= 0.3 is 0 Å². The fourth-order valence-electron chi connectivity index (χ4n) is 5.62. The third kappa shape index (κ3) is 4.46. The fourth-order valence-corrected chi connectivity index (χ4v) is 5.62. The van der Waals surface area contributed by atoms with Gasteiger partial charge in [0.25, 0.3) is 0 Å². The molecule has 5 rings (SSSR count). The summed E-state index contributed by atoms with van der Waals surface area (Å²) in [6.07, 6.45) is 6.35.